The number of fused-ring (bicyclic) bond motifs is 1. The van der Waals surface area contributed by atoms with E-state index < -0.39 is 0 Å². The summed E-state index contributed by atoms with van der Waals surface area (Å²) in [5, 5.41) is 4.20. The topological polar surface area (TPSA) is 38.7 Å². The first kappa shape index (κ1) is 18.2. The van der Waals surface area contributed by atoms with Crippen LogP contribution in [0.25, 0.3) is 0 Å². The predicted molar refractivity (Wildman–Crippen MR) is 112 cm³/mol. The number of benzene rings is 1. The number of aryl methyl sites for hydroxylation is 1. The molecule has 0 amide bonds. The molecule has 1 aromatic carbocycles. The minimum atomic E-state index is 0.298. The summed E-state index contributed by atoms with van der Waals surface area (Å²) in [6.45, 7) is 4.49. The second-order valence-electron chi connectivity index (χ2n) is 7.51. The third kappa shape index (κ3) is 3.90. The van der Waals surface area contributed by atoms with Crippen molar-refractivity contribution in [3.05, 3.63) is 42.2 Å². The van der Waals surface area contributed by atoms with Crippen LogP contribution in [0, 0.1) is 5.92 Å². The number of anilines is 1. The summed E-state index contributed by atoms with van der Waals surface area (Å²) in [5.41, 5.74) is 2.25. The van der Waals surface area contributed by atoms with Crippen LogP contribution in [-0.4, -0.2) is 34.3 Å². The number of rotatable bonds is 2. The van der Waals surface area contributed by atoms with Crippen LogP contribution in [0.2, 0.25) is 0 Å². The molecule has 4 rings (SSSR count). The van der Waals surface area contributed by atoms with Gasteiger partial charge in [-0.25, -0.2) is 0 Å². The van der Waals surface area contributed by atoms with E-state index in [1.54, 1.807) is 0 Å². The molecular formula is C21H27N3O2S. The highest BCUT2D eigenvalue weighted by Crippen LogP contribution is 2.35. The number of aromatic nitrogens is 1. The highest BCUT2D eigenvalue weighted by molar-refractivity contribution is 7.80. The van der Waals surface area contributed by atoms with Crippen molar-refractivity contribution >= 4 is 23.0 Å². The Labute approximate surface area is 166 Å². The fourth-order valence-corrected chi connectivity index (χ4v) is 4.28. The van der Waals surface area contributed by atoms with Gasteiger partial charge in [0.2, 0.25) is 0 Å². The largest absolute Gasteiger partial charge is 0.486 e. The minimum absolute atomic E-state index is 0.298. The fourth-order valence-electron chi connectivity index (χ4n) is 3.95. The first-order chi connectivity index (χ1) is 13.1. The Bertz CT molecular complexity index is 820. The Morgan fingerprint density at radius 1 is 1.11 bits per heavy atom. The predicted octanol–water partition coefficient (Wildman–Crippen LogP) is 4.36. The molecule has 2 aliphatic heterocycles. The summed E-state index contributed by atoms with van der Waals surface area (Å²) in [6, 6.07) is 10.5. The summed E-state index contributed by atoms with van der Waals surface area (Å²) in [5.74, 6) is 2.29. The highest BCUT2D eigenvalue weighted by Gasteiger charge is 2.28. The van der Waals surface area contributed by atoms with Gasteiger partial charge in [0.15, 0.2) is 16.6 Å². The van der Waals surface area contributed by atoms with Crippen LogP contribution >= 0.6 is 12.2 Å². The summed E-state index contributed by atoms with van der Waals surface area (Å²) in [4.78, 5) is 2.35. The van der Waals surface area contributed by atoms with Gasteiger partial charge in [0, 0.05) is 37.2 Å². The molecule has 0 bridgehead atoms. The highest BCUT2D eigenvalue weighted by atomic mass is 32.1. The lowest BCUT2D eigenvalue weighted by Gasteiger charge is -2.33. The van der Waals surface area contributed by atoms with Crippen LogP contribution in [0.3, 0.4) is 0 Å². The van der Waals surface area contributed by atoms with E-state index in [1.165, 1.54) is 12.1 Å². The van der Waals surface area contributed by atoms with Crippen molar-refractivity contribution in [3.63, 3.8) is 0 Å². The van der Waals surface area contributed by atoms with E-state index in [0.717, 1.165) is 47.6 Å². The maximum atomic E-state index is 5.84. The van der Waals surface area contributed by atoms with Gasteiger partial charge in [-0.3, -0.25) is 0 Å². The average molecular weight is 386 g/mol. The number of hydrogen-bond acceptors (Lipinski definition) is 3. The lowest BCUT2D eigenvalue weighted by molar-refractivity contribution is 0.171. The number of nitrogens with one attached hydrogen (secondary N) is 1. The molecule has 0 spiro atoms. The van der Waals surface area contributed by atoms with Gasteiger partial charge in [-0.1, -0.05) is 6.92 Å². The Morgan fingerprint density at radius 3 is 2.70 bits per heavy atom. The Hall–Kier alpha value is -2.21. The number of hydrogen-bond donors (Lipinski definition) is 1. The van der Waals surface area contributed by atoms with E-state index in [2.05, 4.69) is 47.1 Å². The summed E-state index contributed by atoms with van der Waals surface area (Å²) < 4.78 is 13.5. The van der Waals surface area contributed by atoms with Crippen molar-refractivity contribution in [2.75, 3.05) is 25.1 Å². The number of ether oxygens (including phenoxy) is 2. The maximum absolute atomic E-state index is 5.84. The molecule has 1 N–H and O–H groups in total. The fraction of sp³-hybridized carbons (Fsp3) is 0.476. The standard InChI is InChI=1S/C21H27N3O2S/c1-15-5-7-18(17-4-3-10-23(17)2)24(11-9-15)21(27)22-16-6-8-19-20(14-16)26-13-12-25-19/h3-4,6,8,10,14-15,18H,5,7,9,11-13H2,1-2H3,(H,22,27)/t15-,18+/m0/s1. The number of likely N-dealkylation sites (tertiary alicyclic amines) is 1. The molecule has 0 aliphatic carbocycles. The van der Waals surface area contributed by atoms with Gasteiger partial charge in [0.1, 0.15) is 13.2 Å². The molecule has 1 saturated heterocycles. The quantitative estimate of drug-likeness (QED) is 0.778. The zero-order valence-corrected chi connectivity index (χ0v) is 16.8. The molecular weight excluding hydrogens is 358 g/mol. The van der Waals surface area contributed by atoms with Crippen LogP contribution < -0.4 is 14.8 Å². The molecule has 1 aromatic heterocycles. The first-order valence-corrected chi connectivity index (χ1v) is 10.1. The van der Waals surface area contributed by atoms with Crippen molar-refractivity contribution < 1.29 is 9.47 Å². The normalized spacial score (nSPS) is 22.2. The molecule has 2 atom stereocenters. The molecule has 0 unspecified atom stereocenters. The molecule has 5 nitrogen and oxygen atoms in total. The molecule has 0 radical (unpaired) electrons. The molecule has 2 aromatic rings. The van der Waals surface area contributed by atoms with Crippen LogP contribution in [0.15, 0.2) is 36.5 Å². The monoisotopic (exact) mass is 385 g/mol. The summed E-state index contributed by atoms with van der Waals surface area (Å²) >= 11 is 5.84. The summed E-state index contributed by atoms with van der Waals surface area (Å²) in [6.07, 6.45) is 5.60. The van der Waals surface area contributed by atoms with Crippen molar-refractivity contribution in [3.8, 4) is 11.5 Å². The lowest BCUT2D eigenvalue weighted by Crippen LogP contribution is -2.38. The van der Waals surface area contributed by atoms with E-state index in [4.69, 9.17) is 21.7 Å². The third-order valence-corrected chi connectivity index (χ3v) is 5.89. The smallest absolute Gasteiger partial charge is 0.173 e. The van der Waals surface area contributed by atoms with E-state index in [0.29, 0.717) is 19.3 Å². The minimum Gasteiger partial charge on any atom is -0.486 e. The van der Waals surface area contributed by atoms with E-state index in [9.17, 15) is 0 Å². The second-order valence-corrected chi connectivity index (χ2v) is 7.90. The Balaban J connectivity index is 1.55. The molecule has 144 valence electrons. The first-order valence-electron chi connectivity index (χ1n) is 9.70. The Kier molecular flexibility index (Phi) is 5.25. The van der Waals surface area contributed by atoms with Crippen molar-refractivity contribution in [2.24, 2.45) is 13.0 Å². The maximum Gasteiger partial charge on any atom is 0.173 e. The van der Waals surface area contributed by atoms with Crippen molar-refractivity contribution in [1.29, 1.82) is 0 Å². The molecule has 6 heteroatoms. The molecule has 1 fully saturated rings. The zero-order valence-electron chi connectivity index (χ0n) is 16.0. The average Bonchev–Trinajstić information content (AvgIpc) is 2.99. The van der Waals surface area contributed by atoms with Gasteiger partial charge < -0.3 is 24.3 Å². The number of thiocarbonyl (C=S) groups is 1. The van der Waals surface area contributed by atoms with E-state index in [1.807, 2.05) is 18.2 Å². The van der Waals surface area contributed by atoms with E-state index in [-0.39, 0.29) is 0 Å². The summed E-state index contributed by atoms with van der Waals surface area (Å²) in [7, 11) is 2.11. The Morgan fingerprint density at radius 2 is 1.93 bits per heavy atom. The van der Waals surface area contributed by atoms with Gasteiger partial charge in [-0.15, -0.1) is 0 Å². The van der Waals surface area contributed by atoms with Gasteiger partial charge in [0.05, 0.1) is 6.04 Å². The van der Waals surface area contributed by atoms with Crippen LogP contribution in [0.1, 0.15) is 37.9 Å². The zero-order chi connectivity index (χ0) is 18.8. The van der Waals surface area contributed by atoms with Gasteiger partial charge in [-0.2, -0.15) is 0 Å². The van der Waals surface area contributed by atoms with Crippen molar-refractivity contribution in [1.82, 2.24) is 9.47 Å². The molecule has 2 aliphatic rings. The van der Waals surface area contributed by atoms with Crippen LogP contribution in [0.5, 0.6) is 11.5 Å². The molecule has 3 heterocycles. The van der Waals surface area contributed by atoms with Crippen LogP contribution in [0.4, 0.5) is 5.69 Å². The van der Waals surface area contributed by atoms with Crippen molar-refractivity contribution in [2.45, 2.75) is 32.2 Å². The van der Waals surface area contributed by atoms with Gasteiger partial charge >= 0.3 is 0 Å². The van der Waals surface area contributed by atoms with Crippen LogP contribution in [-0.2, 0) is 7.05 Å². The third-order valence-electron chi connectivity index (χ3n) is 5.55. The van der Waals surface area contributed by atoms with E-state index >= 15 is 0 Å². The SMILES string of the molecule is C[C@H]1CC[C@H](c2cccn2C)N(C(=S)Nc2ccc3c(c2)OCCO3)CC1. The number of nitrogens with zero attached hydrogens (tertiary/aromatic N) is 2. The van der Waals surface area contributed by atoms with Gasteiger partial charge in [0.25, 0.3) is 0 Å². The molecule has 0 saturated carbocycles. The second kappa shape index (κ2) is 7.80. The van der Waals surface area contributed by atoms with Gasteiger partial charge in [-0.05, 0) is 61.7 Å². The molecule has 27 heavy (non-hydrogen) atoms. The lowest BCUT2D eigenvalue weighted by atomic mass is 10.0.